The van der Waals surface area contributed by atoms with Gasteiger partial charge in [0.05, 0.1) is 19.4 Å². The Balaban J connectivity index is 2.58. The molecule has 0 saturated heterocycles. The van der Waals surface area contributed by atoms with E-state index in [9.17, 15) is 0 Å². The third-order valence-electron chi connectivity index (χ3n) is 2.84. The van der Waals surface area contributed by atoms with Gasteiger partial charge in [-0.1, -0.05) is 26.7 Å². The Morgan fingerprint density at radius 1 is 1.25 bits per heavy atom. The van der Waals surface area contributed by atoms with Gasteiger partial charge in [-0.2, -0.15) is 0 Å². The molecular weight excluding hydrogens is 202 g/mol. The Morgan fingerprint density at radius 3 is 2.44 bits per heavy atom. The van der Waals surface area contributed by atoms with Crippen molar-refractivity contribution >= 4 is 5.69 Å². The Labute approximate surface area is 97.6 Å². The molecule has 0 saturated carbocycles. The minimum absolute atomic E-state index is 0.614. The highest BCUT2D eigenvalue weighted by Gasteiger charge is 2.06. The van der Waals surface area contributed by atoms with Gasteiger partial charge in [0.25, 0.3) is 0 Å². The number of nitrogen functional groups attached to an aromatic ring is 1. The average Bonchev–Trinajstić information content (AvgIpc) is 2.30. The van der Waals surface area contributed by atoms with Crippen molar-refractivity contribution in [2.45, 2.75) is 26.7 Å². The molecule has 2 N–H and O–H groups in total. The SMILES string of the molecule is CCC(CC)COc1ccc(OC)c(N)c1. The Morgan fingerprint density at radius 2 is 1.94 bits per heavy atom. The van der Waals surface area contributed by atoms with Crippen molar-refractivity contribution in [1.82, 2.24) is 0 Å². The molecule has 3 nitrogen and oxygen atoms in total. The Kier molecular flexibility index (Phi) is 4.96. The van der Waals surface area contributed by atoms with E-state index in [1.165, 1.54) is 0 Å². The van der Waals surface area contributed by atoms with Gasteiger partial charge in [0.15, 0.2) is 0 Å². The van der Waals surface area contributed by atoms with Crippen molar-refractivity contribution in [3.05, 3.63) is 18.2 Å². The van der Waals surface area contributed by atoms with Gasteiger partial charge < -0.3 is 15.2 Å². The normalized spacial score (nSPS) is 10.5. The number of ether oxygens (including phenoxy) is 2. The molecule has 0 heterocycles. The maximum absolute atomic E-state index is 5.80. The third-order valence-corrected chi connectivity index (χ3v) is 2.84. The molecule has 0 aromatic heterocycles. The van der Waals surface area contributed by atoms with Crippen molar-refractivity contribution in [2.24, 2.45) is 5.92 Å². The summed E-state index contributed by atoms with van der Waals surface area (Å²) in [5.41, 5.74) is 6.41. The first kappa shape index (κ1) is 12.7. The molecule has 0 atom stereocenters. The fourth-order valence-electron chi connectivity index (χ4n) is 1.54. The van der Waals surface area contributed by atoms with Crippen LogP contribution in [-0.2, 0) is 0 Å². The van der Waals surface area contributed by atoms with Gasteiger partial charge in [-0.15, -0.1) is 0 Å². The molecule has 3 heteroatoms. The second-order valence-electron chi connectivity index (χ2n) is 3.90. The summed E-state index contributed by atoms with van der Waals surface area (Å²) in [5.74, 6) is 2.11. The van der Waals surface area contributed by atoms with E-state index in [1.54, 1.807) is 13.2 Å². The zero-order valence-electron chi connectivity index (χ0n) is 10.3. The van der Waals surface area contributed by atoms with Crippen LogP contribution in [0.5, 0.6) is 11.5 Å². The molecule has 16 heavy (non-hydrogen) atoms. The van der Waals surface area contributed by atoms with Crippen LogP contribution in [0.1, 0.15) is 26.7 Å². The summed E-state index contributed by atoms with van der Waals surface area (Å²) in [5, 5.41) is 0. The van der Waals surface area contributed by atoms with Gasteiger partial charge in [-0.25, -0.2) is 0 Å². The van der Waals surface area contributed by atoms with Crippen molar-refractivity contribution < 1.29 is 9.47 Å². The molecule has 0 aliphatic rings. The van der Waals surface area contributed by atoms with E-state index in [1.807, 2.05) is 12.1 Å². The minimum atomic E-state index is 0.614. The highest BCUT2D eigenvalue weighted by molar-refractivity contribution is 5.56. The van der Waals surface area contributed by atoms with Gasteiger partial charge in [0.1, 0.15) is 11.5 Å². The molecule has 0 bridgehead atoms. The number of hydrogen-bond acceptors (Lipinski definition) is 3. The van der Waals surface area contributed by atoms with Gasteiger partial charge in [-0.3, -0.25) is 0 Å². The summed E-state index contributed by atoms with van der Waals surface area (Å²) in [4.78, 5) is 0. The van der Waals surface area contributed by atoms with E-state index in [0.29, 0.717) is 17.4 Å². The lowest BCUT2D eigenvalue weighted by Gasteiger charge is -2.14. The second-order valence-corrected chi connectivity index (χ2v) is 3.90. The maximum Gasteiger partial charge on any atom is 0.142 e. The summed E-state index contributed by atoms with van der Waals surface area (Å²) in [6, 6.07) is 5.52. The predicted octanol–water partition coefficient (Wildman–Crippen LogP) is 3.09. The number of nitrogens with two attached hydrogens (primary N) is 1. The molecule has 1 rings (SSSR count). The van der Waals surface area contributed by atoms with Crippen LogP contribution in [0.15, 0.2) is 18.2 Å². The minimum Gasteiger partial charge on any atom is -0.495 e. The predicted molar refractivity (Wildman–Crippen MR) is 67.0 cm³/mol. The molecule has 0 fully saturated rings. The van der Waals surface area contributed by atoms with Crippen LogP contribution in [0.2, 0.25) is 0 Å². The van der Waals surface area contributed by atoms with E-state index in [4.69, 9.17) is 15.2 Å². The molecular formula is C13H21NO2. The lowest BCUT2D eigenvalue weighted by Crippen LogP contribution is -2.10. The standard InChI is InChI=1S/C13H21NO2/c1-4-10(5-2)9-16-11-6-7-13(15-3)12(14)8-11/h6-8,10H,4-5,9,14H2,1-3H3. The largest absolute Gasteiger partial charge is 0.495 e. The number of benzene rings is 1. The van der Waals surface area contributed by atoms with E-state index in [-0.39, 0.29) is 0 Å². The summed E-state index contributed by atoms with van der Waals surface area (Å²) < 4.78 is 10.8. The molecule has 0 spiro atoms. The Hall–Kier alpha value is -1.38. The van der Waals surface area contributed by atoms with Crippen molar-refractivity contribution in [2.75, 3.05) is 19.5 Å². The highest BCUT2D eigenvalue weighted by Crippen LogP contribution is 2.26. The molecule has 0 amide bonds. The first-order chi connectivity index (χ1) is 7.71. The van der Waals surface area contributed by atoms with E-state index in [0.717, 1.165) is 25.2 Å². The molecule has 0 unspecified atom stereocenters. The molecule has 1 aromatic carbocycles. The van der Waals surface area contributed by atoms with Crippen LogP contribution in [-0.4, -0.2) is 13.7 Å². The second kappa shape index (κ2) is 6.26. The van der Waals surface area contributed by atoms with Gasteiger partial charge in [-0.05, 0) is 18.1 Å². The fourth-order valence-corrected chi connectivity index (χ4v) is 1.54. The Bertz CT molecular complexity index is 322. The smallest absolute Gasteiger partial charge is 0.142 e. The van der Waals surface area contributed by atoms with Gasteiger partial charge in [0, 0.05) is 6.07 Å². The lowest BCUT2D eigenvalue weighted by molar-refractivity contribution is 0.240. The zero-order chi connectivity index (χ0) is 12.0. The molecule has 0 aliphatic carbocycles. The van der Waals surface area contributed by atoms with Crippen LogP contribution in [0.4, 0.5) is 5.69 Å². The average molecular weight is 223 g/mol. The first-order valence-corrected chi connectivity index (χ1v) is 5.77. The molecule has 90 valence electrons. The first-order valence-electron chi connectivity index (χ1n) is 5.77. The van der Waals surface area contributed by atoms with Crippen LogP contribution in [0, 0.1) is 5.92 Å². The van der Waals surface area contributed by atoms with Crippen LogP contribution < -0.4 is 15.2 Å². The van der Waals surface area contributed by atoms with Crippen molar-refractivity contribution in [1.29, 1.82) is 0 Å². The van der Waals surface area contributed by atoms with Crippen molar-refractivity contribution in [3.8, 4) is 11.5 Å². The number of hydrogen-bond donors (Lipinski definition) is 1. The van der Waals surface area contributed by atoms with Gasteiger partial charge >= 0.3 is 0 Å². The number of rotatable bonds is 6. The fraction of sp³-hybridized carbons (Fsp3) is 0.538. The topological polar surface area (TPSA) is 44.5 Å². The van der Waals surface area contributed by atoms with Crippen LogP contribution in [0.25, 0.3) is 0 Å². The maximum atomic E-state index is 5.80. The summed E-state index contributed by atoms with van der Waals surface area (Å²) in [6.07, 6.45) is 2.28. The zero-order valence-corrected chi connectivity index (χ0v) is 10.3. The third kappa shape index (κ3) is 3.33. The van der Waals surface area contributed by atoms with Gasteiger partial charge in [0.2, 0.25) is 0 Å². The van der Waals surface area contributed by atoms with E-state index in [2.05, 4.69) is 13.8 Å². The number of anilines is 1. The monoisotopic (exact) mass is 223 g/mol. The van der Waals surface area contributed by atoms with Crippen LogP contribution in [0.3, 0.4) is 0 Å². The molecule has 0 radical (unpaired) electrons. The molecule has 1 aromatic rings. The highest BCUT2D eigenvalue weighted by atomic mass is 16.5. The van der Waals surface area contributed by atoms with Crippen molar-refractivity contribution in [3.63, 3.8) is 0 Å². The van der Waals surface area contributed by atoms with E-state index >= 15 is 0 Å². The summed E-state index contributed by atoms with van der Waals surface area (Å²) in [7, 11) is 1.61. The van der Waals surface area contributed by atoms with E-state index < -0.39 is 0 Å². The summed E-state index contributed by atoms with van der Waals surface area (Å²) >= 11 is 0. The number of methoxy groups -OCH3 is 1. The summed E-state index contributed by atoms with van der Waals surface area (Å²) in [6.45, 7) is 5.11. The van der Waals surface area contributed by atoms with Crippen LogP contribution >= 0.6 is 0 Å². The molecule has 0 aliphatic heterocycles. The lowest BCUT2D eigenvalue weighted by atomic mass is 10.1. The quantitative estimate of drug-likeness (QED) is 0.754.